The largest absolute Gasteiger partial charge is 0.391 e. The molecule has 0 unspecified atom stereocenters. The van der Waals surface area contributed by atoms with Gasteiger partial charge in [-0.15, -0.1) is 0 Å². The second kappa shape index (κ2) is 5.69. The number of hydrogen-bond donors (Lipinski definition) is 1. The standard InChI is InChI=1S/C8H18O2/c1-7(2)4-5-10-6-8(3)9/h7-9H,4-6H2,1-3H3/t8-/m1/s1. The van der Waals surface area contributed by atoms with Gasteiger partial charge in [0.05, 0.1) is 12.7 Å². The monoisotopic (exact) mass is 146 g/mol. The van der Waals surface area contributed by atoms with Crippen LogP contribution in [0.3, 0.4) is 0 Å². The smallest absolute Gasteiger partial charge is 0.0745 e. The van der Waals surface area contributed by atoms with E-state index in [4.69, 9.17) is 9.84 Å². The summed E-state index contributed by atoms with van der Waals surface area (Å²) >= 11 is 0. The molecule has 0 aliphatic carbocycles. The van der Waals surface area contributed by atoms with Crippen molar-refractivity contribution in [3.8, 4) is 0 Å². The average molecular weight is 146 g/mol. The van der Waals surface area contributed by atoms with Crippen molar-refractivity contribution in [3.63, 3.8) is 0 Å². The number of ether oxygens (including phenoxy) is 1. The van der Waals surface area contributed by atoms with E-state index in [1.807, 2.05) is 0 Å². The van der Waals surface area contributed by atoms with E-state index in [0.717, 1.165) is 13.0 Å². The Labute approximate surface area is 63.2 Å². The van der Waals surface area contributed by atoms with Crippen molar-refractivity contribution in [2.45, 2.75) is 33.3 Å². The van der Waals surface area contributed by atoms with E-state index in [0.29, 0.717) is 12.5 Å². The number of aliphatic hydroxyl groups excluding tert-OH is 1. The minimum atomic E-state index is -0.327. The molecule has 2 nitrogen and oxygen atoms in total. The van der Waals surface area contributed by atoms with Gasteiger partial charge in [0.25, 0.3) is 0 Å². The molecule has 2 heteroatoms. The van der Waals surface area contributed by atoms with E-state index in [9.17, 15) is 0 Å². The van der Waals surface area contributed by atoms with Gasteiger partial charge >= 0.3 is 0 Å². The summed E-state index contributed by atoms with van der Waals surface area (Å²) in [5.41, 5.74) is 0. The molecule has 62 valence electrons. The highest BCUT2D eigenvalue weighted by Gasteiger charge is 1.96. The van der Waals surface area contributed by atoms with Crippen LogP contribution in [-0.2, 0) is 4.74 Å². The van der Waals surface area contributed by atoms with Crippen LogP contribution in [0, 0.1) is 5.92 Å². The van der Waals surface area contributed by atoms with Gasteiger partial charge in [-0.25, -0.2) is 0 Å². The summed E-state index contributed by atoms with van der Waals surface area (Å²) < 4.78 is 5.16. The van der Waals surface area contributed by atoms with Crippen molar-refractivity contribution < 1.29 is 9.84 Å². The second-order valence-electron chi connectivity index (χ2n) is 3.11. The average Bonchev–Trinajstić information content (AvgIpc) is 1.79. The lowest BCUT2D eigenvalue weighted by molar-refractivity contribution is 0.0417. The van der Waals surface area contributed by atoms with Crippen LogP contribution in [0.15, 0.2) is 0 Å². The van der Waals surface area contributed by atoms with Crippen LogP contribution in [0.2, 0.25) is 0 Å². The molecule has 0 bridgehead atoms. The highest BCUT2D eigenvalue weighted by atomic mass is 16.5. The molecule has 0 saturated heterocycles. The quantitative estimate of drug-likeness (QED) is 0.594. The van der Waals surface area contributed by atoms with Gasteiger partial charge in [0.1, 0.15) is 0 Å². The lowest BCUT2D eigenvalue weighted by atomic mass is 10.1. The lowest BCUT2D eigenvalue weighted by Gasteiger charge is -2.07. The van der Waals surface area contributed by atoms with Gasteiger partial charge in [-0.1, -0.05) is 13.8 Å². The molecule has 0 aromatic rings. The van der Waals surface area contributed by atoms with Crippen molar-refractivity contribution in [1.82, 2.24) is 0 Å². The molecule has 0 aliphatic heterocycles. The molecule has 0 aromatic carbocycles. The van der Waals surface area contributed by atoms with Gasteiger partial charge in [-0.2, -0.15) is 0 Å². The molecule has 0 radical (unpaired) electrons. The van der Waals surface area contributed by atoms with Gasteiger partial charge in [-0.05, 0) is 19.3 Å². The number of aliphatic hydroxyl groups is 1. The van der Waals surface area contributed by atoms with Gasteiger partial charge < -0.3 is 9.84 Å². The van der Waals surface area contributed by atoms with Crippen LogP contribution in [0.4, 0.5) is 0 Å². The summed E-state index contributed by atoms with van der Waals surface area (Å²) in [4.78, 5) is 0. The van der Waals surface area contributed by atoms with E-state index >= 15 is 0 Å². The SMILES string of the molecule is CC(C)CCOC[C@@H](C)O. The van der Waals surface area contributed by atoms with Crippen LogP contribution in [-0.4, -0.2) is 24.4 Å². The molecule has 10 heavy (non-hydrogen) atoms. The zero-order valence-electron chi connectivity index (χ0n) is 7.13. The minimum absolute atomic E-state index is 0.327. The van der Waals surface area contributed by atoms with Crippen LogP contribution < -0.4 is 0 Å². The fourth-order valence-corrected chi connectivity index (χ4v) is 0.573. The molecule has 1 atom stereocenters. The molecule has 0 saturated carbocycles. The van der Waals surface area contributed by atoms with Crippen molar-refractivity contribution in [3.05, 3.63) is 0 Å². The topological polar surface area (TPSA) is 29.5 Å². The van der Waals surface area contributed by atoms with Crippen LogP contribution >= 0.6 is 0 Å². The first-order valence-electron chi connectivity index (χ1n) is 3.88. The van der Waals surface area contributed by atoms with Gasteiger partial charge in [-0.3, -0.25) is 0 Å². The summed E-state index contributed by atoms with van der Waals surface area (Å²) in [5, 5.41) is 8.79. The number of hydrogen-bond acceptors (Lipinski definition) is 2. The predicted octanol–water partition coefficient (Wildman–Crippen LogP) is 1.43. The van der Waals surface area contributed by atoms with Crippen LogP contribution in [0.1, 0.15) is 27.2 Å². The first-order chi connectivity index (χ1) is 4.63. The van der Waals surface area contributed by atoms with Crippen LogP contribution in [0.5, 0.6) is 0 Å². The fraction of sp³-hybridized carbons (Fsp3) is 1.00. The molecule has 0 aromatic heterocycles. The normalized spacial score (nSPS) is 14.1. The van der Waals surface area contributed by atoms with Gasteiger partial charge in [0.2, 0.25) is 0 Å². The molecule has 0 rings (SSSR count). The summed E-state index contributed by atoms with van der Waals surface area (Å²) in [6, 6.07) is 0. The molecule has 0 aliphatic rings. The summed E-state index contributed by atoms with van der Waals surface area (Å²) in [7, 11) is 0. The van der Waals surface area contributed by atoms with Crippen LogP contribution in [0.25, 0.3) is 0 Å². The molecule has 0 heterocycles. The van der Waals surface area contributed by atoms with E-state index in [1.54, 1.807) is 6.92 Å². The Morgan fingerprint density at radius 1 is 1.30 bits per heavy atom. The predicted molar refractivity (Wildman–Crippen MR) is 42.0 cm³/mol. The third-order valence-corrected chi connectivity index (χ3v) is 1.20. The molecule has 0 fully saturated rings. The molecular weight excluding hydrogens is 128 g/mol. The summed E-state index contributed by atoms with van der Waals surface area (Å²) in [6.45, 7) is 7.28. The highest BCUT2D eigenvalue weighted by Crippen LogP contribution is 1.98. The Hall–Kier alpha value is -0.0800. The molecule has 0 spiro atoms. The van der Waals surface area contributed by atoms with E-state index < -0.39 is 0 Å². The molecule has 0 amide bonds. The molecule has 1 N–H and O–H groups in total. The Morgan fingerprint density at radius 3 is 2.30 bits per heavy atom. The summed E-state index contributed by atoms with van der Waals surface area (Å²) in [5.74, 6) is 0.689. The first kappa shape index (κ1) is 9.92. The van der Waals surface area contributed by atoms with E-state index in [2.05, 4.69) is 13.8 Å². The zero-order valence-corrected chi connectivity index (χ0v) is 7.13. The summed E-state index contributed by atoms with van der Waals surface area (Å²) in [6.07, 6.45) is 0.749. The van der Waals surface area contributed by atoms with Crippen molar-refractivity contribution in [2.75, 3.05) is 13.2 Å². The van der Waals surface area contributed by atoms with Gasteiger partial charge in [0, 0.05) is 6.61 Å². The van der Waals surface area contributed by atoms with E-state index in [-0.39, 0.29) is 6.10 Å². The Balaban J connectivity index is 2.91. The lowest BCUT2D eigenvalue weighted by Crippen LogP contribution is -2.11. The first-order valence-corrected chi connectivity index (χ1v) is 3.88. The molecular formula is C8H18O2. The maximum atomic E-state index is 8.79. The van der Waals surface area contributed by atoms with Crippen molar-refractivity contribution >= 4 is 0 Å². The minimum Gasteiger partial charge on any atom is -0.391 e. The fourth-order valence-electron chi connectivity index (χ4n) is 0.573. The van der Waals surface area contributed by atoms with Crippen molar-refractivity contribution in [2.24, 2.45) is 5.92 Å². The Kier molecular flexibility index (Phi) is 5.64. The second-order valence-corrected chi connectivity index (χ2v) is 3.11. The third kappa shape index (κ3) is 7.92. The van der Waals surface area contributed by atoms with E-state index in [1.165, 1.54) is 0 Å². The van der Waals surface area contributed by atoms with Gasteiger partial charge in [0.15, 0.2) is 0 Å². The van der Waals surface area contributed by atoms with Crippen molar-refractivity contribution in [1.29, 1.82) is 0 Å². The number of rotatable bonds is 5. The Morgan fingerprint density at radius 2 is 1.90 bits per heavy atom. The Bertz CT molecular complexity index is 59.7. The zero-order chi connectivity index (χ0) is 7.98. The maximum absolute atomic E-state index is 8.79. The highest BCUT2D eigenvalue weighted by molar-refractivity contribution is 4.45. The maximum Gasteiger partial charge on any atom is 0.0745 e. The third-order valence-electron chi connectivity index (χ3n) is 1.20.